The largest absolute Gasteiger partial charge is 0.511 e. The summed E-state index contributed by atoms with van der Waals surface area (Å²) in [7, 11) is 0. The zero-order valence-corrected chi connectivity index (χ0v) is 8.29. The first-order chi connectivity index (χ1) is 7.47. The van der Waals surface area contributed by atoms with Crippen LogP contribution in [0.1, 0.15) is 17.3 Å². The third kappa shape index (κ3) is 2.23. The lowest BCUT2D eigenvalue weighted by Gasteiger charge is -2.01. The number of carbonyl (C=O) groups is 1. The molecule has 82 valence electrons. The first kappa shape index (κ1) is 11.9. The lowest BCUT2D eigenvalue weighted by atomic mass is 10.0. The highest BCUT2D eigenvalue weighted by Gasteiger charge is 2.16. The molecule has 1 rings (SSSR count). The second-order valence-electron chi connectivity index (χ2n) is 3.03. The molecule has 0 bridgehead atoms. The van der Waals surface area contributed by atoms with Crippen molar-refractivity contribution in [3.8, 4) is 6.07 Å². The van der Waals surface area contributed by atoms with Gasteiger partial charge in [-0.05, 0) is 25.1 Å². The molecule has 0 aliphatic rings. The minimum absolute atomic E-state index is 0.191. The molecule has 0 heterocycles. The van der Waals surface area contributed by atoms with Crippen LogP contribution in [0.15, 0.2) is 29.5 Å². The fraction of sp³-hybridized carbons (Fsp3) is 0.0909. The van der Waals surface area contributed by atoms with Crippen molar-refractivity contribution in [1.29, 1.82) is 5.26 Å². The first-order valence-corrected chi connectivity index (χ1v) is 4.27. The maximum absolute atomic E-state index is 12.8. The summed E-state index contributed by atoms with van der Waals surface area (Å²) in [6, 6.07) is 4.00. The van der Waals surface area contributed by atoms with Gasteiger partial charge in [0.1, 0.15) is 17.4 Å². The van der Waals surface area contributed by atoms with E-state index in [9.17, 15) is 13.6 Å². The molecule has 0 saturated heterocycles. The molecule has 0 unspecified atom stereocenters. The molecular formula is C11H7F2NO2. The fourth-order valence-electron chi connectivity index (χ4n) is 1.08. The first-order valence-electron chi connectivity index (χ1n) is 4.27. The van der Waals surface area contributed by atoms with Crippen molar-refractivity contribution < 1.29 is 18.7 Å². The molecule has 5 heteroatoms. The van der Waals surface area contributed by atoms with E-state index in [0.717, 1.165) is 19.1 Å². The summed E-state index contributed by atoms with van der Waals surface area (Å²) < 4.78 is 25.4. The van der Waals surface area contributed by atoms with Gasteiger partial charge in [-0.1, -0.05) is 0 Å². The maximum atomic E-state index is 12.8. The predicted octanol–water partition coefficient (Wildman–Crippen LogP) is 2.50. The van der Waals surface area contributed by atoms with E-state index in [2.05, 4.69) is 0 Å². The zero-order chi connectivity index (χ0) is 12.3. The van der Waals surface area contributed by atoms with Crippen molar-refractivity contribution in [3.63, 3.8) is 0 Å². The molecule has 16 heavy (non-hydrogen) atoms. The van der Waals surface area contributed by atoms with Crippen molar-refractivity contribution in [2.75, 3.05) is 0 Å². The highest BCUT2D eigenvalue weighted by molar-refractivity contribution is 6.11. The van der Waals surface area contributed by atoms with Gasteiger partial charge in [0.15, 0.2) is 11.6 Å². The molecule has 0 spiro atoms. The summed E-state index contributed by atoms with van der Waals surface area (Å²) in [6.45, 7) is 1.16. The quantitative estimate of drug-likeness (QED) is 0.362. The average Bonchev–Trinajstić information content (AvgIpc) is 2.22. The number of hydrogen-bond donors (Lipinski definition) is 1. The van der Waals surface area contributed by atoms with Gasteiger partial charge in [-0.2, -0.15) is 5.26 Å². The number of Topliss-reactive ketones (excluding diaryl/α,β-unsaturated/α-hetero) is 1. The van der Waals surface area contributed by atoms with Crippen LogP contribution in [0.2, 0.25) is 0 Å². The summed E-state index contributed by atoms with van der Waals surface area (Å²) >= 11 is 0. The lowest BCUT2D eigenvalue weighted by Crippen LogP contribution is -2.05. The second-order valence-corrected chi connectivity index (χ2v) is 3.03. The fourth-order valence-corrected chi connectivity index (χ4v) is 1.08. The Kier molecular flexibility index (Phi) is 3.36. The van der Waals surface area contributed by atoms with E-state index in [1.807, 2.05) is 0 Å². The zero-order valence-electron chi connectivity index (χ0n) is 8.29. The Labute approximate surface area is 90.2 Å². The molecule has 0 radical (unpaired) electrons. The van der Waals surface area contributed by atoms with Crippen LogP contribution < -0.4 is 0 Å². The molecule has 0 saturated carbocycles. The van der Waals surface area contributed by atoms with E-state index >= 15 is 0 Å². The van der Waals surface area contributed by atoms with E-state index < -0.39 is 28.7 Å². The van der Waals surface area contributed by atoms with E-state index in [1.165, 1.54) is 6.07 Å². The Morgan fingerprint density at radius 3 is 2.44 bits per heavy atom. The number of ketones is 1. The van der Waals surface area contributed by atoms with Crippen molar-refractivity contribution in [3.05, 3.63) is 46.7 Å². The van der Waals surface area contributed by atoms with Gasteiger partial charge in [0.05, 0.1) is 0 Å². The van der Waals surface area contributed by atoms with Crippen LogP contribution in [-0.4, -0.2) is 10.9 Å². The SMILES string of the molecule is C/C(O)=C(/C#N)C(=O)c1ccc(F)c(F)c1. The molecule has 0 fully saturated rings. The number of allylic oxidation sites excluding steroid dienone is 2. The molecule has 0 amide bonds. The maximum Gasteiger partial charge on any atom is 0.207 e. The van der Waals surface area contributed by atoms with Crippen LogP contribution in [0.25, 0.3) is 0 Å². The number of hydrogen-bond acceptors (Lipinski definition) is 3. The Morgan fingerprint density at radius 2 is 2.00 bits per heavy atom. The number of rotatable bonds is 2. The predicted molar refractivity (Wildman–Crippen MR) is 51.6 cm³/mol. The van der Waals surface area contributed by atoms with Gasteiger partial charge < -0.3 is 5.11 Å². The molecule has 0 aromatic heterocycles. The van der Waals surface area contributed by atoms with Crippen LogP contribution in [0.5, 0.6) is 0 Å². The summed E-state index contributed by atoms with van der Waals surface area (Å²) in [6.07, 6.45) is 0. The molecule has 1 N–H and O–H groups in total. The Morgan fingerprint density at radius 1 is 1.38 bits per heavy atom. The van der Waals surface area contributed by atoms with E-state index in [4.69, 9.17) is 10.4 Å². The number of benzene rings is 1. The number of carbonyl (C=O) groups excluding carboxylic acids is 1. The molecule has 0 aliphatic heterocycles. The Balaban J connectivity index is 3.22. The van der Waals surface area contributed by atoms with Gasteiger partial charge in [0, 0.05) is 5.56 Å². The summed E-state index contributed by atoms with van der Waals surface area (Å²) in [5.41, 5.74) is -0.685. The molecule has 0 aliphatic carbocycles. The topological polar surface area (TPSA) is 61.1 Å². The van der Waals surface area contributed by atoms with Gasteiger partial charge in [-0.3, -0.25) is 4.79 Å². The number of aliphatic hydroxyl groups excluding tert-OH is 1. The van der Waals surface area contributed by atoms with Crippen molar-refractivity contribution in [2.24, 2.45) is 0 Å². The Bertz CT molecular complexity index is 511. The van der Waals surface area contributed by atoms with Crippen LogP contribution in [0.3, 0.4) is 0 Å². The lowest BCUT2D eigenvalue weighted by molar-refractivity contribution is 0.103. The molecule has 1 aromatic carbocycles. The highest BCUT2D eigenvalue weighted by Crippen LogP contribution is 2.14. The molecule has 1 aromatic rings. The van der Waals surface area contributed by atoms with Crippen LogP contribution in [-0.2, 0) is 0 Å². The van der Waals surface area contributed by atoms with Crippen LogP contribution >= 0.6 is 0 Å². The summed E-state index contributed by atoms with van der Waals surface area (Å²) in [5, 5.41) is 17.6. The normalized spacial score (nSPS) is 11.6. The van der Waals surface area contributed by atoms with Crippen molar-refractivity contribution in [2.45, 2.75) is 6.92 Å². The highest BCUT2D eigenvalue weighted by atomic mass is 19.2. The van der Waals surface area contributed by atoms with Crippen LogP contribution in [0.4, 0.5) is 8.78 Å². The number of nitriles is 1. The van der Waals surface area contributed by atoms with E-state index in [1.54, 1.807) is 0 Å². The number of halogens is 2. The minimum Gasteiger partial charge on any atom is -0.511 e. The van der Waals surface area contributed by atoms with Crippen LogP contribution in [0, 0.1) is 23.0 Å². The average molecular weight is 223 g/mol. The molecule has 0 atom stereocenters. The van der Waals surface area contributed by atoms with Crippen molar-refractivity contribution in [1.82, 2.24) is 0 Å². The van der Waals surface area contributed by atoms with Gasteiger partial charge in [-0.25, -0.2) is 8.78 Å². The smallest absolute Gasteiger partial charge is 0.207 e. The standard InChI is InChI=1S/C11H7F2NO2/c1-6(15)8(5-14)11(16)7-2-3-9(12)10(13)4-7/h2-4,15H,1H3/b8-6+. The minimum atomic E-state index is -1.18. The van der Waals surface area contributed by atoms with Gasteiger partial charge >= 0.3 is 0 Å². The molecule has 3 nitrogen and oxygen atoms in total. The van der Waals surface area contributed by atoms with E-state index in [-0.39, 0.29) is 5.56 Å². The third-order valence-electron chi connectivity index (χ3n) is 1.88. The number of aliphatic hydroxyl groups is 1. The Hall–Kier alpha value is -2.22. The number of nitrogens with zero attached hydrogens (tertiary/aromatic N) is 1. The third-order valence-corrected chi connectivity index (χ3v) is 1.88. The van der Waals surface area contributed by atoms with Gasteiger partial charge in [-0.15, -0.1) is 0 Å². The van der Waals surface area contributed by atoms with E-state index in [0.29, 0.717) is 6.07 Å². The molecular weight excluding hydrogens is 216 g/mol. The second kappa shape index (κ2) is 4.53. The summed E-state index contributed by atoms with van der Waals surface area (Å²) in [5.74, 6) is -3.57. The summed E-state index contributed by atoms with van der Waals surface area (Å²) in [4.78, 5) is 11.6. The van der Waals surface area contributed by atoms with Gasteiger partial charge in [0.2, 0.25) is 5.78 Å². The van der Waals surface area contributed by atoms with Crippen molar-refractivity contribution >= 4 is 5.78 Å². The van der Waals surface area contributed by atoms with Gasteiger partial charge in [0.25, 0.3) is 0 Å². The monoisotopic (exact) mass is 223 g/mol.